The lowest BCUT2D eigenvalue weighted by Gasteiger charge is -2.52. The lowest BCUT2D eigenvalue weighted by Crippen LogP contribution is -2.53. The fourth-order valence-corrected chi connectivity index (χ4v) is 13.8. The molecule has 0 saturated heterocycles. The molecule has 1 saturated carbocycles. The van der Waals surface area contributed by atoms with Gasteiger partial charge in [0.1, 0.15) is 30.2 Å². The summed E-state index contributed by atoms with van der Waals surface area (Å²) in [6.45, 7) is 9.54. The number of nitrogens with zero attached hydrogens (tertiary/aromatic N) is 8. The fourth-order valence-electron chi connectivity index (χ4n) is 13.8. The normalized spacial score (nSPS) is 25.5. The van der Waals surface area contributed by atoms with Crippen LogP contribution in [0.3, 0.4) is 0 Å². The lowest BCUT2D eigenvalue weighted by molar-refractivity contribution is -0.131. The van der Waals surface area contributed by atoms with Crippen LogP contribution < -0.4 is 4.74 Å². The fraction of sp³-hybridized carbons (Fsp3) is 0.355. The SMILES string of the molecule is Cc1cc(-c2nc(-c3ccccc3F)c3c(n2)[C@]2(C)C=C(C#N)C(=O)C(C)(CC(F)c4cc(-c5nc(OC6CCCC6)c6c(n5)[C@]5(C)C=C(C#N)C(=O)[C@H](C)[C@H]5CC6)c5ccccc5n4)[C@H]2CC3)c2ccccc2n1. The van der Waals surface area contributed by atoms with Gasteiger partial charge in [0.2, 0.25) is 5.88 Å². The van der Waals surface area contributed by atoms with Crippen molar-refractivity contribution < 1.29 is 23.1 Å². The standard InChI is InChI=1S/C62H54F2N8O3/c1-33-26-43(38-16-9-12-20-48(38)67-33)57-69-52(40-18-8-11-19-46(40)63)41-23-25-51-61(4,54(41)70-57)29-36(32-66)56(74)62(51,5)30-47(64)50-27-44(39-17-10-13-21-49(39)68-50)58-71-55-42(59(72-58)75-37-14-6-7-15-37)22-24-45-34(2)53(73)35(31-65)28-60(45,55)3/h8-13,16-21,26-29,34,37,45,47,51H,6-7,14-15,22-25,30H2,1-5H3/t34-,45-,47?,51+,60-,61-,62?/m1/s1. The minimum atomic E-state index is -1.81. The average molecular weight is 997 g/mol. The zero-order valence-corrected chi connectivity index (χ0v) is 42.5. The van der Waals surface area contributed by atoms with Crippen LogP contribution >= 0.6 is 0 Å². The number of pyridine rings is 2. The third-order valence-corrected chi connectivity index (χ3v) is 17.5. The van der Waals surface area contributed by atoms with Crippen LogP contribution in [0.1, 0.15) is 113 Å². The van der Waals surface area contributed by atoms with Crippen molar-refractivity contribution in [1.82, 2.24) is 29.9 Å². The van der Waals surface area contributed by atoms with Crippen molar-refractivity contribution >= 4 is 33.4 Å². The van der Waals surface area contributed by atoms with E-state index in [2.05, 4.69) is 12.1 Å². The Balaban J connectivity index is 0.988. The van der Waals surface area contributed by atoms with Gasteiger partial charge in [-0.3, -0.25) is 14.6 Å². The minimum Gasteiger partial charge on any atom is -0.474 e. The number of alkyl halides is 1. The Kier molecular flexibility index (Phi) is 11.5. The van der Waals surface area contributed by atoms with E-state index in [0.717, 1.165) is 47.8 Å². The molecule has 11 nitrogen and oxygen atoms in total. The molecule has 7 aromatic rings. The predicted octanol–water partition coefficient (Wildman–Crippen LogP) is 12.6. The maximum Gasteiger partial charge on any atom is 0.220 e. The maximum atomic E-state index is 18.1. The van der Waals surface area contributed by atoms with Crippen molar-refractivity contribution in [3.05, 3.63) is 148 Å². The number of carbonyl (C=O) groups is 2. The number of nitriles is 2. The van der Waals surface area contributed by atoms with E-state index in [9.17, 15) is 20.1 Å². The van der Waals surface area contributed by atoms with Gasteiger partial charge in [-0.2, -0.15) is 15.5 Å². The van der Waals surface area contributed by atoms with Gasteiger partial charge in [0, 0.05) is 66.4 Å². The van der Waals surface area contributed by atoms with Gasteiger partial charge in [0.15, 0.2) is 23.2 Å². The Bertz CT molecular complexity index is 3760. The van der Waals surface area contributed by atoms with Crippen LogP contribution in [-0.2, 0) is 33.3 Å². The molecule has 0 aliphatic heterocycles. The molecule has 1 fully saturated rings. The number of hydrogen-bond donors (Lipinski definition) is 0. The second kappa shape index (κ2) is 17.9. The van der Waals surface area contributed by atoms with Gasteiger partial charge in [-0.15, -0.1) is 0 Å². The van der Waals surface area contributed by atoms with E-state index in [-0.39, 0.29) is 41.1 Å². The number of aryl methyl sites for hydroxylation is 1. The van der Waals surface area contributed by atoms with Crippen molar-refractivity contribution in [3.8, 4) is 52.1 Å². The van der Waals surface area contributed by atoms with Crippen LogP contribution in [0.15, 0.2) is 108 Å². The highest BCUT2D eigenvalue weighted by atomic mass is 19.1. The van der Waals surface area contributed by atoms with E-state index in [1.807, 2.05) is 82.3 Å². The summed E-state index contributed by atoms with van der Waals surface area (Å²) in [4.78, 5) is 59.0. The molecule has 3 aromatic carbocycles. The Morgan fingerprint density at radius 2 is 1.32 bits per heavy atom. The molecule has 75 heavy (non-hydrogen) atoms. The first-order chi connectivity index (χ1) is 36.1. The van der Waals surface area contributed by atoms with E-state index in [1.165, 1.54) is 6.07 Å². The van der Waals surface area contributed by atoms with Crippen molar-refractivity contribution in [1.29, 1.82) is 10.5 Å². The van der Waals surface area contributed by atoms with Crippen LogP contribution in [-0.4, -0.2) is 47.6 Å². The van der Waals surface area contributed by atoms with E-state index < -0.39 is 45.9 Å². The van der Waals surface area contributed by atoms with Crippen molar-refractivity contribution in [2.24, 2.45) is 23.2 Å². The Hall–Kier alpha value is -7.90. The summed E-state index contributed by atoms with van der Waals surface area (Å²) in [5.41, 5.74) is 3.45. The molecule has 2 unspecified atom stereocenters. The van der Waals surface area contributed by atoms with Crippen molar-refractivity contribution in [3.63, 3.8) is 0 Å². The topological polar surface area (TPSA) is 168 Å². The molecular weight excluding hydrogens is 943 g/mol. The summed E-state index contributed by atoms with van der Waals surface area (Å²) in [5, 5.41) is 22.4. The maximum absolute atomic E-state index is 18.1. The van der Waals surface area contributed by atoms with E-state index in [0.29, 0.717) is 93.5 Å². The number of aromatic nitrogens is 6. The summed E-state index contributed by atoms with van der Waals surface area (Å²) in [6.07, 6.45) is 7.20. The van der Waals surface area contributed by atoms with Gasteiger partial charge < -0.3 is 4.74 Å². The monoisotopic (exact) mass is 996 g/mol. The molecule has 0 N–H and O–H groups in total. The van der Waals surface area contributed by atoms with E-state index in [1.54, 1.807) is 43.3 Å². The van der Waals surface area contributed by atoms with Crippen LogP contribution in [0.5, 0.6) is 5.88 Å². The number of para-hydroxylation sites is 2. The highest BCUT2D eigenvalue weighted by Gasteiger charge is 2.58. The zero-order chi connectivity index (χ0) is 52.1. The second-order valence-electron chi connectivity index (χ2n) is 22.1. The number of rotatable bonds is 8. The first-order valence-corrected chi connectivity index (χ1v) is 26.1. The third kappa shape index (κ3) is 7.60. The Morgan fingerprint density at radius 3 is 2.03 bits per heavy atom. The number of halogens is 2. The van der Waals surface area contributed by atoms with Crippen molar-refractivity contribution in [2.75, 3.05) is 0 Å². The zero-order valence-electron chi connectivity index (χ0n) is 42.5. The summed E-state index contributed by atoms with van der Waals surface area (Å²) in [6, 6.07) is 29.6. The van der Waals surface area contributed by atoms with Crippen LogP contribution in [0, 0.1) is 58.6 Å². The molecule has 13 heteroatoms. The van der Waals surface area contributed by atoms with Gasteiger partial charge in [-0.05, 0) is 113 Å². The van der Waals surface area contributed by atoms with Crippen LogP contribution in [0.2, 0.25) is 0 Å². The van der Waals surface area contributed by atoms with Crippen molar-refractivity contribution in [2.45, 2.75) is 116 Å². The Morgan fingerprint density at radius 1 is 0.707 bits per heavy atom. The molecule has 374 valence electrons. The molecule has 4 heterocycles. The summed E-state index contributed by atoms with van der Waals surface area (Å²) >= 11 is 0. The molecule has 0 amide bonds. The highest BCUT2D eigenvalue weighted by molar-refractivity contribution is 6.05. The van der Waals surface area contributed by atoms with Crippen LogP contribution in [0.25, 0.3) is 55.8 Å². The Labute approximate surface area is 433 Å². The number of ether oxygens (including phenoxy) is 1. The molecule has 0 spiro atoms. The molecule has 0 bridgehead atoms. The average Bonchev–Trinajstić information content (AvgIpc) is 3.95. The van der Waals surface area contributed by atoms with E-state index >= 15 is 8.78 Å². The number of hydrogen-bond acceptors (Lipinski definition) is 11. The van der Waals surface area contributed by atoms with Gasteiger partial charge in [0.25, 0.3) is 0 Å². The van der Waals surface area contributed by atoms with Crippen LogP contribution in [0.4, 0.5) is 8.78 Å². The predicted molar refractivity (Wildman–Crippen MR) is 280 cm³/mol. The summed E-state index contributed by atoms with van der Waals surface area (Å²) in [5.74, 6) is -1.06. The number of ketones is 2. The molecule has 0 radical (unpaired) electrons. The number of benzene rings is 3. The molecule has 5 aliphatic carbocycles. The first kappa shape index (κ1) is 48.1. The summed E-state index contributed by atoms with van der Waals surface area (Å²) in [7, 11) is 0. The molecular formula is C62H54F2N8O3. The molecule has 5 aliphatic rings. The number of allylic oxidation sites excluding steroid dienone is 4. The van der Waals surface area contributed by atoms with Gasteiger partial charge in [0.05, 0.1) is 45.0 Å². The van der Waals surface area contributed by atoms with Gasteiger partial charge in [-0.25, -0.2) is 28.7 Å². The van der Waals surface area contributed by atoms with E-state index in [4.69, 9.17) is 34.6 Å². The number of Topliss-reactive ketones (excluding diaryl/α,β-unsaturated/α-hetero) is 2. The molecule has 4 aromatic heterocycles. The largest absolute Gasteiger partial charge is 0.474 e. The highest BCUT2D eigenvalue weighted by Crippen LogP contribution is 2.59. The smallest absolute Gasteiger partial charge is 0.220 e. The lowest BCUT2D eigenvalue weighted by atomic mass is 9.50. The second-order valence-corrected chi connectivity index (χ2v) is 22.1. The number of carbonyl (C=O) groups excluding carboxylic acids is 2. The summed E-state index contributed by atoms with van der Waals surface area (Å²) < 4.78 is 40.9. The minimum absolute atomic E-state index is 0.0400. The molecule has 7 atom stereocenters. The molecule has 12 rings (SSSR count). The first-order valence-electron chi connectivity index (χ1n) is 26.1. The number of fused-ring (bicyclic) bond motifs is 8. The quantitative estimate of drug-likeness (QED) is 0.142. The van der Waals surface area contributed by atoms with Gasteiger partial charge in [-0.1, -0.05) is 88.4 Å². The van der Waals surface area contributed by atoms with Gasteiger partial charge >= 0.3 is 0 Å². The third-order valence-electron chi connectivity index (χ3n) is 17.5.